The first kappa shape index (κ1) is 48.7. The number of phosphoric ester groups is 1. The quantitative estimate of drug-likeness (QED) is 0.0512. The molecule has 1 spiro atoms. The number of carbonyl (C=O) groups is 2. The average Bonchev–Trinajstić information content (AvgIpc) is 3.27. The third-order valence-electron chi connectivity index (χ3n) is 13.0. The zero-order chi connectivity index (χ0) is 48.2. The van der Waals surface area contributed by atoms with Gasteiger partial charge in [0.1, 0.15) is 17.1 Å². The lowest BCUT2D eigenvalue weighted by atomic mass is 9.49. The van der Waals surface area contributed by atoms with Crippen molar-refractivity contribution in [2.24, 2.45) is 11.8 Å². The molecule has 8 unspecified atom stereocenters. The molecule has 0 aromatic heterocycles. The summed E-state index contributed by atoms with van der Waals surface area (Å²) in [6.07, 6.45) is 10.6. The van der Waals surface area contributed by atoms with E-state index in [-0.39, 0.29) is 46.8 Å². The number of allylic oxidation sites excluding steroid dienone is 4. The van der Waals surface area contributed by atoms with Crippen LogP contribution in [0, 0.1) is 11.8 Å². The number of para-hydroxylation sites is 1. The summed E-state index contributed by atoms with van der Waals surface area (Å²) >= 11 is 1.46. The third-order valence-corrected chi connectivity index (χ3v) is 18.2. The van der Waals surface area contributed by atoms with Crippen molar-refractivity contribution in [1.29, 1.82) is 0 Å². The van der Waals surface area contributed by atoms with Crippen LogP contribution < -0.4 is 19.3 Å². The Hall–Kier alpha value is -3.76. The van der Waals surface area contributed by atoms with Crippen molar-refractivity contribution in [2.45, 2.75) is 120 Å². The molecule has 1 saturated heterocycles. The number of carbonyl (C=O) groups excluding carboxylic acids is 2. The summed E-state index contributed by atoms with van der Waals surface area (Å²) in [7, 11) is -16.4. The van der Waals surface area contributed by atoms with Gasteiger partial charge in [-0.25, -0.2) is 18.5 Å². The molecule has 0 radical (unpaired) electrons. The van der Waals surface area contributed by atoms with Crippen LogP contribution in [0.5, 0.6) is 17.2 Å². The number of hydrogen-bond donors (Lipinski definition) is 5. The van der Waals surface area contributed by atoms with E-state index in [0.29, 0.717) is 41.8 Å². The largest absolute Gasteiger partial charge is 0.536 e. The number of benzene rings is 2. The van der Waals surface area contributed by atoms with E-state index in [2.05, 4.69) is 20.0 Å². The third kappa shape index (κ3) is 8.34. The lowest BCUT2D eigenvalue weighted by Crippen LogP contribution is -2.75. The van der Waals surface area contributed by atoms with Crippen LogP contribution in [0.25, 0.3) is 11.8 Å². The highest BCUT2D eigenvalue weighted by molar-refractivity contribution is 8.00. The standard InChI is InChI=1S/C45H54NO16P3S/c1-24(2)13-12-20-43(8)21-19-28-36(57-43)27(17-16-25(3)4)37-33(38(28)59-64(52,53)62-65(54,55)61-63(49,50)51)35-34-39(66-31-15-11-10-14-30(31)46-35)29-23-32-42(6,7)60-44(40(29)47,45(32,34)58-37)22-18-26(5)41(48)56-9/h10-11,13-16,18-19,21,29,32,39,46H,12,17,20,22-23H2,1-9H3,(H,52,53)(H,54,55)(H2,49,50,51)/b26-18-. The number of esters is 1. The van der Waals surface area contributed by atoms with E-state index in [1.807, 2.05) is 78.8 Å². The first-order chi connectivity index (χ1) is 30.7. The Morgan fingerprint density at radius 1 is 0.939 bits per heavy atom. The summed E-state index contributed by atoms with van der Waals surface area (Å²) in [6.45, 7) is 15.1. The van der Waals surface area contributed by atoms with E-state index in [9.17, 15) is 38.1 Å². The highest BCUT2D eigenvalue weighted by Gasteiger charge is 2.83. The van der Waals surface area contributed by atoms with Crippen molar-refractivity contribution in [3.8, 4) is 17.2 Å². The number of anilines is 1. The van der Waals surface area contributed by atoms with Gasteiger partial charge in [-0.3, -0.25) is 9.69 Å². The number of fused-ring (bicyclic) bond motifs is 4. The maximum atomic E-state index is 15.6. The molecule has 3 saturated carbocycles. The normalized spacial score (nSPS) is 29.3. The monoisotopic (exact) mass is 989 g/mol. The molecule has 4 heterocycles. The molecular weight excluding hydrogens is 935 g/mol. The molecule has 356 valence electrons. The minimum atomic E-state index is -5.99. The molecule has 4 fully saturated rings. The number of Topliss-reactive ketones (excluding diaryl/α,β-unsaturated/α-hetero) is 1. The molecule has 4 bridgehead atoms. The van der Waals surface area contributed by atoms with Crippen molar-refractivity contribution >= 4 is 64.4 Å². The van der Waals surface area contributed by atoms with Gasteiger partial charge in [-0.2, -0.15) is 8.62 Å². The number of ketones is 1. The first-order valence-electron chi connectivity index (χ1n) is 21.3. The Balaban J connectivity index is 1.48. The zero-order valence-corrected chi connectivity index (χ0v) is 41.4. The second kappa shape index (κ2) is 16.7. The molecule has 5 N–H and O–H groups in total. The molecule has 3 aliphatic carbocycles. The van der Waals surface area contributed by atoms with Crippen LogP contribution in [-0.4, -0.2) is 66.1 Å². The molecule has 7 aliphatic rings. The fourth-order valence-corrected chi connectivity index (χ4v) is 14.9. The summed E-state index contributed by atoms with van der Waals surface area (Å²) in [6, 6.07) is 7.45. The van der Waals surface area contributed by atoms with Gasteiger partial charge in [-0.15, -0.1) is 11.8 Å². The lowest BCUT2D eigenvalue weighted by Gasteiger charge is -2.60. The summed E-state index contributed by atoms with van der Waals surface area (Å²) < 4.78 is 79.8. The summed E-state index contributed by atoms with van der Waals surface area (Å²) in [5, 5.41) is 3.01. The van der Waals surface area contributed by atoms with Crippen LogP contribution in [0.2, 0.25) is 0 Å². The fourth-order valence-electron chi connectivity index (χ4n) is 10.3. The second-order valence-electron chi connectivity index (χ2n) is 18.7. The smallest absolute Gasteiger partial charge is 0.482 e. The van der Waals surface area contributed by atoms with Crippen molar-refractivity contribution in [2.75, 3.05) is 12.4 Å². The predicted octanol–water partition coefficient (Wildman–Crippen LogP) is 9.52. The van der Waals surface area contributed by atoms with Gasteiger partial charge < -0.3 is 43.5 Å². The van der Waals surface area contributed by atoms with Gasteiger partial charge in [0.15, 0.2) is 22.7 Å². The minimum Gasteiger partial charge on any atom is -0.482 e. The zero-order valence-electron chi connectivity index (χ0n) is 37.9. The molecule has 9 rings (SSSR count). The second-order valence-corrected chi connectivity index (χ2v) is 24.2. The molecule has 66 heavy (non-hydrogen) atoms. The summed E-state index contributed by atoms with van der Waals surface area (Å²) in [5.74, 6) is -2.13. The summed E-state index contributed by atoms with van der Waals surface area (Å²) in [4.78, 5) is 69.6. The van der Waals surface area contributed by atoms with E-state index in [1.165, 1.54) is 18.9 Å². The van der Waals surface area contributed by atoms with Gasteiger partial charge in [-0.1, -0.05) is 41.5 Å². The number of rotatable bonds is 14. The minimum absolute atomic E-state index is 0.0745. The number of hydrogen-bond acceptors (Lipinski definition) is 14. The number of methoxy groups -OCH3 is 1. The number of ether oxygens (including phenoxy) is 4. The molecule has 8 atom stereocenters. The molecule has 17 nitrogen and oxygen atoms in total. The molecule has 4 aliphatic heterocycles. The van der Waals surface area contributed by atoms with Crippen LogP contribution in [-0.2, 0) is 47.8 Å². The summed E-state index contributed by atoms with van der Waals surface area (Å²) in [5.41, 5.74) is -0.857. The first-order valence-corrected chi connectivity index (χ1v) is 26.7. The Morgan fingerprint density at radius 2 is 1.64 bits per heavy atom. The van der Waals surface area contributed by atoms with Crippen LogP contribution in [0.4, 0.5) is 5.69 Å². The van der Waals surface area contributed by atoms with Gasteiger partial charge in [0.05, 0.1) is 35.2 Å². The maximum Gasteiger partial charge on any atom is 0.536 e. The Bertz CT molecular complexity index is 2750. The van der Waals surface area contributed by atoms with E-state index in [1.54, 1.807) is 25.2 Å². The van der Waals surface area contributed by atoms with Gasteiger partial charge in [0.25, 0.3) is 0 Å². The van der Waals surface area contributed by atoms with Gasteiger partial charge in [0, 0.05) is 45.1 Å². The van der Waals surface area contributed by atoms with Crippen LogP contribution in [0.15, 0.2) is 75.8 Å². The Labute approximate surface area is 387 Å². The maximum absolute atomic E-state index is 15.6. The molecular formula is C45H54NO16P3S. The van der Waals surface area contributed by atoms with Gasteiger partial charge in [-0.05, 0) is 105 Å². The fraction of sp³-hybridized carbons (Fsp3) is 0.467. The highest BCUT2D eigenvalue weighted by Crippen LogP contribution is 2.74. The topological polar surface area (TPSA) is 243 Å². The van der Waals surface area contributed by atoms with Crippen molar-refractivity contribution in [3.63, 3.8) is 0 Å². The van der Waals surface area contributed by atoms with E-state index in [4.69, 9.17) is 23.5 Å². The predicted molar refractivity (Wildman–Crippen MR) is 246 cm³/mol. The Morgan fingerprint density at radius 3 is 2.30 bits per heavy atom. The van der Waals surface area contributed by atoms with E-state index >= 15 is 4.79 Å². The average molecular weight is 990 g/mol. The lowest BCUT2D eigenvalue weighted by molar-refractivity contribution is -0.176. The van der Waals surface area contributed by atoms with Crippen LogP contribution >= 0.6 is 35.2 Å². The van der Waals surface area contributed by atoms with Gasteiger partial charge >= 0.3 is 29.4 Å². The van der Waals surface area contributed by atoms with E-state index in [0.717, 1.165) is 16.0 Å². The van der Waals surface area contributed by atoms with Crippen LogP contribution in [0.1, 0.15) is 97.8 Å². The van der Waals surface area contributed by atoms with Crippen molar-refractivity contribution in [3.05, 3.63) is 87.6 Å². The number of phosphoric acid groups is 3. The highest BCUT2D eigenvalue weighted by atomic mass is 32.2. The van der Waals surface area contributed by atoms with E-state index < -0.39 is 74.7 Å². The molecule has 21 heteroatoms. The Kier molecular flexibility index (Phi) is 12.3. The van der Waals surface area contributed by atoms with Crippen molar-refractivity contribution < 1.29 is 75.0 Å². The molecule has 2 aromatic carbocycles. The number of nitrogens with one attached hydrogen (secondary N) is 1. The van der Waals surface area contributed by atoms with Crippen LogP contribution in [0.3, 0.4) is 0 Å². The number of thioether (sulfide) groups is 1. The molecule has 2 aromatic rings. The van der Waals surface area contributed by atoms with Crippen molar-refractivity contribution in [1.82, 2.24) is 0 Å². The SMILES string of the molecule is COC(=O)/C(C)=C\CC12OC(C)(C)C3CC(C1=O)C1Sc4ccccc4NC4=C1C32Oc1c(CC=C(C)C)c2c(c(OP(=O)(O)OP(=O)(O)OP(=O)(O)O)c14)C=CC(C)(CCC=C(C)C)O2. The van der Waals surface area contributed by atoms with Gasteiger partial charge in [0.2, 0.25) is 0 Å². The molecule has 0 amide bonds.